The van der Waals surface area contributed by atoms with Gasteiger partial charge < -0.3 is 14.2 Å². The van der Waals surface area contributed by atoms with Gasteiger partial charge in [-0.05, 0) is 19.8 Å². The lowest BCUT2D eigenvalue weighted by atomic mass is 10.1. The van der Waals surface area contributed by atoms with Gasteiger partial charge in [0.1, 0.15) is 0 Å². The van der Waals surface area contributed by atoms with Crippen molar-refractivity contribution in [3.05, 3.63) is 0 Å². The minimum absolute atomic E-state index is 0.100. The van der Waals surface area contributed by atoms with Crippen LogP contribution in [0.1, 0.15) is 40.5 Å². The Hall–Kier alpha value is -0.120. The Bertz CT molecular complexity index is 122. The molecule has 3 heteroatoms. The fourth-order valence-electron chi connectivity index (χ4n) is 1.17. The molecular formula is C12H26O3. The van der Waals surface area contributed by atoms with Gasteiger partial charge in [-0.25, -0.2) is 0 Å². The van der Waals surface area contributed by atoms with Crippen LogP contribution in [0.2, 0.25) is 0 Å². The van der Waals surface area contributed by atoms with E-state index in [-0.39, 0.29) is 6.29 Å². The van der Waals surface area contributed by atoms with Crippen LogP contribution < -0.4 is 0 Å². The van der Waals surface area contributed by atoms with E-state index in [1.807, 2.05) is 13.8 Å². The van der Waals surface area contributed by atoms with Gasteiger partial charge in [-0.1, -0.05) is 20.3 Å². The summed E-state index contributed by atoms with van der Waals surface area (Å²) in [4.78, 5) is 0. The van der Waals surface area contributed by atoms with Crippen molar-refractivity contribution >= 4 is 0 Å². The standard InChI is InChI=1S/C12H26O3/c1-5-11(4)10-13-9-8-12(14-6-2)15-7-3/h11-12H,5-10H2,1-4H3. The summed E-state index contributed by atoms with van der Waals surface area (Å²) < 4.78 is 16.4. The minimum Gasteiger partial charge on any atom is -0.381 e. The van der Waals surface area contributed by atoms with Crippen molar-refractivity contribution in [2.24, 2.45) is 5.92 Å². The van der Waals surface area contributed by atoms with Crippen LogP contribution in [0.25, 0.3) is 0 Å². The lowest BCUT2D eigenvalue weighted by Crippen LogP contribution is -2.20. The van der Waals surface area contributed by atoms with Crippen LogP contribution in [0.3, 0.4) is 0 Å². The van der Waals surface area contributed by atoms with Crippen molar-refractivity contribution < 1.29 is 14.2 Å². The third-order valence-corrected chi connectivity index (χ3v) is 2.30. The average Bonchev–Trinajstić information content (AvgIpc) is 2.24. The molecule has 0 N–H and O–H groups in total. The molecule has 0 aromatic carbocycles. The molecule has 0 saturated carbocycles. The fourth-order valence-corrected chi connectivity index (χ4v) is 1.17. The Morgan fingerprint density at radius 3 is 2.07 bits per heavy atom. The Morgan fingerprint density at radius 2 is 1.60 bits per heavy atom. The Kier molecular flexibility index (Phi) is 10.3. The van der Waals surface area contributed by atoms with E-state index in [9.17, 15) is 0 Å². The van der Waals surface area contributed by atoms with Gasteiger partial charge in [-0.15, -0.1) is 0 Å². The second-order valence-electron chi connectivity index (χ2n) is 3.72. The van der Waals surface area contributed by atoms with Gasteiger partial charge in [-0.2, -0.15) is 0 Å². The molecule has 0 amide bonds. The summed E-state index contributed by atoms with van der Waals surface area (Å²) in [6.07, 6.45) is 1.88. The minimum atomic E-state index is -0.100. The van der Waals surface area contributed by atoms with E-state index in [1.165, 1.54) is 6.42 Å². The highest BCUT2D eigenvalue weighted by Gasteiger charge is 2.07. The highest BCUT2D eigenvalue weighted by Crippen LogP contribution is 2.04. The van der Waals surface area contributed by atoms with E-state index in [2.05, 4.69) is 13.8 Å². The molecule has 0 rings (SSSR count). The topological polar surface area (TPSA) is 27.7 Å². The van der Waals surface area contributed by atoms with Crippen molar-refractivity contribution in [2.75, 3.05) is 26.4 Å². The molecule has 15 heavy (non-hydrogen) atoms. The molecule has 0 radical (unpaired) electrons. The van der Waals surface area contributed by atoms with Gasteiger partial charge >= 0.3 is 0 Å². The van der Waals surface area contributed by atoms with Gasteiger partial charge in [0, 0.05) is 26.2 Å². The lowest BCUT2D eigenvalue weighted by Gasteiger charge is -2.17. The number of hydrogen-bond acceptors (Lipinski definition) is 3. The Morgan fingerprint density at radius 1 is 1.00 bits per heavy atom. The summed E-state index contributed by atoms with van der Waals surface area (Å²) in [5.41, 5.74) is 0. The molecule has 0 aliphatic rings. The molecule has 0 aliphatic heterocycles. The molecule has 3 nitrogen and oxygen atoms in total. The second kappa shape index (κ2) is 10.4. The molecule has 0 aromatic heterocycles. The maximum absolute atomic E-state index is 5.55. The molecule has 0 aromatic rings. The van der Waals surface area contributed by atoms with Gasteiger partial charge in [0.15, 0.2) is 6.29 Å². The normalized spacial score (nSPS) is 13.4. The Balaban J connectivity index is 3.43. The molecular weight excluding hydrogens is 192 g/mol. The van der Waals surface area contributed by atoms with Gasteiger partial charge in [0.25, 0.3) is 0 Å². The summed E-state index contributed by atoms with van der Waals surface area (Å²) in [7, 11) is 0. The maximum atomic E-state index is 5.55. The molecule has 92 valence electrons. The second-order valence-corrected chi connectivity index (χ2v) is 3.72. The molecule has 0 saturated heterocycles. The van der Waals surface area contributed by atoms with Crippen LogP contribution >= 0.6 is 0 Å². The van der Waals surface area contributed by atoms with Crippen molar-refractivity contribution in [2.45, 2.75) is 46.8 Å². The molecule has 0 spiro atoms. The van der Waals surface area contributed by atoms with Crippen LogP contribution in [0, 0.1) is 5.92 Å². The molecule has 0 aliphatic carbocycles. The van der Waals surface area contributed by atoms with Crippen molar-refractivity contribution in [1.82, 2.24) is 0 Å². The molecule has 0 heterocycles. The van der Waals surface area contributed by atoms with Gasteiger partial charge in [0.2, 0.25) is 0 Å². The van der Waals surface area contributed by atoms with E-state index in [1.54, 1.807) is 0 Å². The zero-order valence-corrected chi connectivity index (χ0v) is 10.6. The van der Waals surface area contributed by atoms with E-state index < -0.39 is 0 Å². The van der Waals surface area contributed by atoms with E-state index in [0.717, 1.165) is 19.6 Å². The zero-order valence-electron chi connectivity index (χ0n) is 10.6. The monoisotopic (exact) mass is 218 g/mol. The Labute approximate surface area is 94.1 Å². The largest absolute Gasteiger partial charge is 0.381 e. The summed E-state index contributed by atoms with van der Waals surface area (Å²) in [6.45, 7) is 11.3. The van der Waals surface area contributed by atoms with Crippen LogP contribution in [-0.2, 0) is 14.2 Å². The van der Waals surface area contributed by atoms with Crippen molar-refractivity contribution in [3.63, 3.8) is 0 Å². The van der Waals surface area contributed by atoms with E-state index >= 15 is 0 Å². The molecule has 1 unspecified atom stereocenters. The fraction of sp³-hybridized carbons (Fsp3) is 1.00. The summed E-state index contributed by atoms with van der Waals surface area (Å²) in [6, 6.07) is 0. The summed E-state index contributed by atoms with van der Waals surface area (Å²) in [5, 5.41) is 0. The zero-order chi connectivity index (χ0) is 11.5. The van der Waals surface area contributed by atoms with Crippen LogP contribution in [0.4, 0.5) is 0 Å². The van der Waals surface area contributed by atoms with Gasteiger partial charge in [0.05, 0.1) is 6.61 Å². The van der Waals surface area contributed by atoms with Crippen LogP contribution in [-0.4, -0.2) is 32.7 Å². The smallest absolute Gasteiger partial charge is 0.159 e. The van der Waals surface area contributed by atoms with Crippen molar-refractivity contribution in [3.8, 4) is 0 Å². The maximum Gasteiger partial charge on any atom is 0.159 e. The van der Waals surface area contributed by atoms with Crippen LogP contribution in [0.5, 0.6) is 0 Å². The highest BCUT2D eigenvalue weighted by atomic mass is 16.7. The number of ether oxygens (including phenoxy) is 3. The number of rotatable bonds is 10. The molecule has 0 bridgehead atoms. The first-order chi connectivity index (χ1) is 7.24. The quantitative estimate of drug-likeness (QED) is 0.417. The van der Waals surface area contributed by atoms with E-state index in [0.29, 0.717) is 19.1 Å². The van der Waals surface area contributed by atoms with E-state index in [4.69, 9.17) is 14.2 Å². The first-order valence-corrected chi connectivity index (χ1v) is 6.05. The first-order valence-electron chi connectivity index (χ1n) is 6.05. The molecule has 0 fully saturated rings. The SMILES string of the molecule is CCOC(CCOCC(C)CC)OCC. The predicted octanol–water partition coefficient (Wildman–Crippen LogP) is 2.84. The molecule has 1 atom stereocenters. The van der Waals surface area contributed by atoms with Crippen molar-refractivity contribution in [1.29, 1.82) is 0 Å². The van der Waals surface area contributed by atoms with Gasteiger partial charge in [-0.3, -0.25) is 0 Å². The third kappa shape index (κ3) is 8.85. The summed E-state index contributed by atoms with van der Waals surface area (Å²) in [5.74, 6) is 0.641. The summed E-state index contributed by atoms with van der Waals surface area (Å²) >= 11 is 0. The first kappa shape index (κ1) is 14.9. The van der Waals surface area contributed by atoms with Crippen LogP contribution in [0.15, 0.2) is 0 Å². The number of hydrogen-bond donors (Lipinski definition) is 0. The predicted molar refractivity (Wildman–Crippen MR) is 61.9 cm³/mol. The third-order valence-electron chi connectivity index (χ3n) is 2.30. The highest BCUT2D eigenvalue weighted by molar-refractivity contribution is 4.48. The lowest BCUT2D eigenvalue weighted by molar-refractivity contribution is -0.147. The average molecular weight is 218 g/mol.